The zero-order chi connectivity index (χ0) is 20.5. The smallest absolute Gasteiger partial charge is 0.0346 e. The van der Waals surface area contributed by atoms with Gasteiger partial charge in [0.25, 0.3) is 0 Å². The van der Waals surface area contributed by atoms with Gasteiger partial charge in [0, 0.05) is 12.4 Å². The van der Waals surface area contributed by atoms with Crippen molar-refractivity contribution in [2.45, 2.75) is 38.5 Å². The van der Waals surface area contributed by atoms with Gasteiger partial charge in [-0.2, -0.15) is 0 Å². The van der Waals surface area contributed by atoms with E-state index in [1.165, 1.54) is 45.2 Å². The van der Waals surface area contributed by atoms with Gasteiger partial charge in [0.05, 0.1) is 0 Å². The van der Waals surface area contributed by atoms with Gasteiger partial charge in [0.2, 0.25) is 0 Å². The van der Waals surface area contributed by atoms with Crippen molar-refractivity contribution >= 4 is 32.3 Å². The first kappa shape index (κ1) is 18.8. The molecule has 0 N–H and O–H groups in total. The first-order valence-corrected chi connectivity index (χ1v) is 11.0. The highest BCUT2D eigenvalue weighted by molar-refractivity contribution is 6.09. The first-order chi connectivity index (χ1) is 14.7. The lowest BCUT2D eigenvalue weighted by Gasteiger charge is -2.29. The van der Waals surface area contributed by atoms with Crippen LogP contribution in [0.1, 0.15) is 49.7 Å². The van der Waals surface area contributed by atoms with Crippen molar-refractivity contribution in [2.24, 2.45) is 0 Å². The fourth-order valence-corrected chi connectivity index (χ4v) is 4.93. The Morgan fingerprint density at radius 2 is 1.30 bits per heavy atom. The van der Waals surface area contributed by atoms with Crippen LogP contribution < -0.4 is 0 Å². The molecule has 1 heterocycles. The molecule has 0 bridgehead atoms. The second-order valence-corrected chi connectivity index (χ2v) is 8.55. The maximum atomic E-state index is 4.01. The van der Waals surface area contributed by atoms with Gasteiger partial charge in [-0.25, -0.2) is 0 Å². The molecular weight excluding hydrogens is 362 g/mol. The molecule has 4 aromatic carbocycles. The number of hydrogen-bond acceptors (Lipinski definition) is 1. The Bertz CT molecular complexity index is 1270. The molecule has 5 aromatic rings. The summed E-state index contributed by atoms with van der Waals surface area (Å²) >= 11 is 0. The maximum absolute atomic E-state index is 4.01. The van der Waals surface area contributed by atoms with Crippen LogP contribution in [0.5, 0.6) is 0 Å². The van der Waals surface area contributed by atoms with E-state index in [1.54, 1.807) is 11.1 Å². The summed E-state index contributed by atoms with van der Waals surface area (Å²) in [5.41, 5.74) is 3.18. The van der Waals surface area contributed by atoms with Crippen LogP contribution in [0.3, 0.4) is 0 Å². The molecule has 2 atom stereocenters. The monoisotopic (exact) mass is 389 g/mol. The molecule has 0 radical (unpaired) electrons. The Morgan fingerprint density at radius 3 is 2.13 bits per heavy atom. The van der Waals surface area contributed by atoms with Crippen LogP contribution >= 0.6 is 0 Å². The lowest BCUT2D eigenvalue weighted by Crippen LogP contribution is -2.11. The van der Waals surface area contributed by atoms with Gasteiger partial charge in [-0.15, -0.1) is 0 Å². The van der Waals surface area contributed by atoms with Crippen molar-refractivity contribution in [1.29, 1.82) is 0 Å². The zero-order valence-corrected chi connectivity index (χ0v) is 17.7. The van der Waals surface area contributed by atoms with Crippen molar-refractivity contribution in [1.82, 2.24) is 4.98 Å². The van der Waals surface area contributed by atoms with Crippen LogP contribution in [-0.2, 0) is 0 Å². The van der Waals surface area contributed by atoms with Crippen molar-refractivity contribution in [2.75, 3.05) is 0 Å². The number of benzene rings is 4. The second-order valence-electron chi connectivity index (χ2n) is 8.55. The number of aromatic nitrogens is 1. The minimum Gasteiger partial charge on any atom is -0.264 e. The summed E-state index contributed by atoms with van der Waals surface area (Å²) in [4.78, 5) is 4.01. The summed E-state index contributed by atoms with van der Waals surface area (Å²) in [6.45, 7) is 4.76. The summed E-state index contributed by atoms with van der Waals surface area (Å²) in [6, 6.07) is 28.3. The molecule has 1 aliphatic carbocycles. The highest BCUT2D eigenvalue weighted by atomic mass is 14.6. The Morgan fingerprint density at radius 1 is 0.600 bits per heavy atom. The lowest BCUT2D eigenvalue weighted by molar-refractivity contribution is 0.531. The van der Waals surface area contributed by atoms with Crippen molar-refractivity contribution in [3.63, 3.8) is 0 Å². The molecule has 0 aliphatic heterocycles. The number of nitrogens with zero attached hydrogens (tertiary/aromatic N) is 1. The molecule has 1 aliphatic rings. The molecule has 0 spiro atoms. The number of hydrogen-bond donors (Lipinski definition) is 0. The summed E-state index contributed by atoms with van der Waals surface area (Å²) in [7, 11) is 0. The number of rotatable bonds is 0. The zero-order valence-electron chi connectivity index (χ0n) is 17.7. The average Bonchev–Trinajstić information content (AvgIpc) is 2.81. The molecule has 6 rings (SSSR count). The predicted molar refractivity (Wildman–Crippen MR) is 129 cm³/mol. The third kappa shape index (κ3) is 3.35. The SMILES string of the molecule is CC1CCC(C)c2c1ccc1c2ccc2ccccc21.c1ccc2cnccc2c1. The first-order valence-electron chi connectivity index (χ1n) is 11.0. The largest absolute Gasteiger partial charge is 0.264 e. The lowest BCUT2D eigenvalue weighted by atomic mass is 9.76. The molecule has 30 heavy (non-hydrogen) atoms. The fourth-order valence-electron chi connectivity index (χ4n) is 4.93. The third-order valence-corrected chi connectivity index (χ3v) is 6.61. The normalized spacial score (nSPS) is 18.1. The van der Waals surface area contributed by atoms with Gasteiger partial charge in [-0.05, 0) is 74.2 Å². The van der Waals surface area contributed by atoms with E-state index in [0.29, 0.717) is 11.8 Å². The highest BCUT2D eigenvalue weighted by Gasteiger charge is 2.23. The van der Waals surface area contributed by atoms with Crippen LogP contribution in [0.4, 0.5) is 0 Å². The fraction of sp³-hybridized carbons (Fsp3) is 0.207. The summed E-state index contributed by atoms with van der Waals surface area (Å²) in [5.74, 6) is 1.39. The average molecular weight is 390 g/mol. The van der Waals surface area contributed by atoms with E-state index >= 15 is 0 Å². The minimum absolute atomic E-state index is 0.686. The van der Waals surface area contributed by atoms with Gasteiger partial charge in [-0.1, -0.05) is 86.6 Å². The van der Waals surface area contributed by atoms with E-state index in [9.17, 15) is 0 Å². The van der Waals surface area contributed by atoms with Gasteiger partial charge >= 0.3 is 0 Å². The number of pyridine rings is 1. The van der Waals surface area contributed by atoms with E-state index in [4.69, 9.17) is 0 Å². The molecule has 1 nitrogen and oxygen atoms in total. The molecule has 0 saturated heterocycles. The van der Waals surface area contributed by atoms with Crippen LogP contribution in [0.15, 0.2) is 91.3 Å². The highest BCUT2D eigenvalue weighted by Crippen LogP contribution is 2.43. The Labute approximate surface area is 178 Å². The molecular formula is C29H27N. The van der Waals surface area contributed by atoms with Crippen LogP contribution in [0.25, 0.3) is 32.3 Å². The topological polar surface area (TPSA) is 12.9 Å². The van der Waals surface area contributed by atoms with E-state index in [1.807, 2.05) is 30.6 Å². The quantitative estimate of drug-likeness (QED) is 0.243. The summed E-state index contributed by atoms with van der Waals surface area (Å²) in [5, 5.41) is 8.07. The molecule has 2 unspecified atom stereocenters. The Balaban J connectivity index is 0.000000161. The molecule has 0 saturated carbocycles. The molecule has 148 valence electrons. The summed E-state index contributed by atoms with van der Waals surface area (Å²) in [6.07, 6.45) is 6.32. The van der Waals surface area contributed by atoms with Gasteiger partial charge in [0.1, 0.15) is 0 Å². The van der Waals surface area contributed by atoms with Gasteiger partial charge < -0.3 is 0 Å². The molecule has 0 amide bonds. The molecule has 0 fully saturated rings. The van der Waals surface area contributed by atoms with Gasteiger partial charge in [-0.3, -0.25) is 4.98 Å². The predicted octanol–water partition coefficient (Wildman–Crippen LogP) is 8.23. The van der Waals surface area contributed by atoms with Crippen LogP contribution in [0, 0.1) is 0 Å². The Hall–Kier alpha value is -3.19. The van der Waals surface area contributed by atoms with Gasteiger partial charge in [0.15, 0.2) is 0 Å². The molecule has 1 heteroatoms. The minimum atomic E-state index is 0.686. The van der Waals surface area contributed by atoms with E-state index < -0.39 is 0 Å². The van der Waals surface area contributed by atoms with Crippen molar-refractivity contribution in [3.05, 3.63) is 102 Å². The summed E-state index contributed by atoms with van der Waals surface area (Å²) < 4.78 is 0. The van der Waals surface area contributed by atoms with E-state index in [2.05, 4.69) is 79.5 Å². The molecule has 1 aromatic heterocycles. The number of fused-ring (bicyclic) bond motifs is 6. The van der Waals surface area contributed by atoms with Crippen molar-refractivity contribution in [3.8, 4) is 0 Å². The Kier molecular flexibility index (Phi) is 4.96. The second kappa shape index (κ2) is 7.91. The van der Waals surface area contributed by atoms with Crippen LogP contribution in [-0.4, -0.2) is 4.98 Å². The van der Waals surface area contributed by atoms with Crippen molar-refractivity contribution < 1.29 is 0 Å². The van der Waals surface area contributed by atoms with E-state index in [0.717, 1.165) is 0 Å². The van der Waals surface area contributed by atoms with E-state index in [-0.39, 0.29) is 0 Å². The maximum Gasteiger partial charge on any atom is 0.0346 e. The third-order valence-electron chi connectivity index (χ3n) is 6.61. The standard InChI is InChI=1S/C20H20.C9H7N/c1-13-7-8-14(2)20-16(13)11-12-18-17-6-4-3-5-15(17)9-10-19(18)20;1-2-4-9-7-10-6-5-8(9)3-1/h3-6,9-14H,7-8H2,1-2H3;1-7H. The van der Waals surface area contributed by atoms with Crippen LogP contribution in [0.2, 0.25) is 0 Å².